The van der Waals surface area contributed by atoms with Gasteiger partial charge in [-0.1, -0.05) is 11.6 Å². The zero-order chi connectivity index (χ0) is 8.72. The van der Waals surface area contributed by atoms with E-state index in [0.29, 0.717) is 8.81 Å². The summed E-state index contributed by atoms with van der Waals surface area (Å²) >= 11 is 10.5. The second-order valence-electron chi connectivity index (χ2n) is 2.36. The topological polar surface area (TPSA) is 20.2 Å². The zero-order valence-corrected chi connectivity index (χ0v) is 9.00. The number of hydrogen-bond donors (Lipinski definition) is 1. The van der Waals surface area contributed by atoms with E-state index >= 15 is 0 Å². The first-order valence-electron chi connectivity index (χ1n) is 3.25. The summed E-state index contributed by atoms with van der Waals surface area (Å²) in [6.45, 7) is 0. The number of hydrogen-bond acceptors (Lipinski definition) is 2. The molecule has 4 heteroatoms. The highest BCUT2D eigenvalue weighted by Crippen LogP contribution is 2.38. The number of aromatic hydroxyl groups is 1. The van der Waals surface area contributed by atoms with Gasteiger partial charge in [-0.25, -0.2) is 0 Å². The van der Waals surface area contributed by atoms with Crippen molar-refractivity contribution in [1.29, 1.82) is 0 Å². The quantitative estimate of drug-likeness (QED) is 0.761. The maximum Gasteiger partial charge on any atom is 0.138 e. The van der Waals surface area contributed by atoms with E-state index in [1.165, 1.54) is 11.3 Å². The van der Waals surface area contributed by atoms with Crippen LogP contribution in [0.25, 0.3) is 10.1 Å². The Morgan fingerprint density at radius 3 is 2.92 bits per heavy atom. The largest absolute Gasteiger partial charge is 0.506 e. The molecule has 1 heterocycles. The number of phenolic OH excluding ortho intramolecular Hbond substituents is 1. The molecule has 1 aromatic carbocycles. The monoisotopic (exact) mass is 262 g/mol. The molecule has 0 aliphatic rings. The minimum absolute atomic E-state index is 0.260. The van der Waals surface area contributed by atoms with Crippen molar-refractivity contribution >= 4 is 49.0 Å². The summed E-state index contributed by atoms with van der Waals surface area (Å²) in [5.74, 6) is 0.260. The maximum absolute atomic E-state index is 9.57. The molecule has 0 spiro atoms. The van der Waals surface area contributed by atoms with Crippen molar-refractivity contribution in [3.63, 3.8) is 0 Å². The van der Waals surface area contributed by atoms with Crippen LogP contribution in [-0.4, -0.2) is 5.11 Å². The summed E-state index contributed by atoms with van der Waals surface area (Å²) in [6, 6.07) is 5.50. The Morgan fingerprint density at radius 1 is 1.42 bits per heavy atom. The molecule has 0 bridgehead atoms. The Hall–Kier alpha value is -0.250. The van der Waals surface area contributed by atoms with Crippen molar-refractivity contribution < 1.29 is 5.11 Å². The Labute approximate surface area is 86.7 Å². The summed E-state index contributed by atoms with van der Waals surface area (Å²) in [4.78, 5) is 0. The fourth-order valence-corrected chi connectivity index (χ4v) is 2.53. The van der Waals surface area contributed by atoms with E-state index < -0.39 is 0 Å². The number of halogens is 2. The van der Waals surface area contributed by atoms with E-state index in [1.54, 1.807) is 6.07 Å². The molecule has 2 aromatic rings. The molecular weight excluding hydrogens is 260 g/mol. The summed E-state index contributed by atoms with van der Waals surface area (Å²) in [5.41, 5.74) is 0. The predicted molar refractivity (Wildman–Crippen MR) is 56.2 cm³/mol. The molecule has 0 saturated carbocycles. The molecule has 0 fully saturated rings. The van der Waals surface area contributed by atoms with Gasteiger partial charge in [-0.3, -0.25) is 0 Å². The summed E-state index contributed by atoms with van der Waals surface area (Å²) in [7, 11) is 0. The highest BCUT2D eigenvalue weighted by atomic mass is 79.9. The van der Waals surface area contributed by atoms with Crippen LogP contribution in [0.5, 0.6) is 5.75 Å². The molecule has 1 nitrogen and oxygen atoms in total. The van der Waals surface area contributed by atoms with E-state index in [0.717, 1.165) is 10.1 Å². The Balaban J connectivity index is 2.89. The Bertz CT molecular complexity index is 438. The van der Waals surface area contributed by atoms with Gasteiger partial charge < -0.3 is 5.11 Å². The number of rotatable bonds is 0. The average Bonchev–Trinajstić information content (AvgIpc) is 2.39. The standard InChI is InChI=1S/C8H4BrClOS/c9-5-1-2-6-4(8(5)11)3-7(10)12-6/h1-3,11H. The van der Waals surface area contributed by atoms with Gasteiger partial charge in [0.1, 0.15) is 5.75 Å². The van der Waals surface area contributed by atoms with Gasteiger partial charge in [0.15, 0.2) is 0 Å². The number of phenols is 1. The third-order valence-electron chi connectivity index (χ3n) is 1.59. The summed E-state index contributed by atoms with van der Waals surface area (Å²) < 4.78 is 2.39. The third kappa shape index (κ3) is 1.22. The van der Waals surface area contributed by atoms with Crippen LogP contribution in [0.2, 0.25) is 4.34 Å². The minimum Gasteiger partial charge on any atom is -0.506 e. The molecule has 0 amide bonds. The first-order chi connectivity index (χ1) is 5.68. The maximum atomic E-state index is 9.57. The lowest BCUT2D eigenvalue weighted by atomic mass is 10.2. The van der Waals surface area contributed by atoms with E-state index in [9.17, 15) is 5.11 Å². The van der Waals surface area contributed by atoms with Gasteiger partial charge in [-0.15, -0.1) is 11.3 Å². The average molecular weight is 264 g/mol. The van der Waals surface area contributed by atoms with Crippen LogP contribution in [0.1, 0.15) is 0 Å². The van der Waals surface area contributed by atoms with E-state index in [2.05, 4.69) is 15.9 Å². The van der Waals surface area contributed by atoms with Crippen LogP contribution in [0.4, 0.5) is 0 Å². The zero-order valence-electron chi connectivity index (χ0n) is 5.84. The van der Waals surface area contributed by atoms with Crippen molar-refractivity contribution in [2.75, 3.05) is 0 Å². The second kappa shape index (κ2) is 2.91. The van der Waals surface area contributed by atoms with Gasteiger partial charge in [-0.2, -0.15) is 0 Å². The molecule has 0 radical (unpaired) electrons. The van der Waals surface area contributed by atoms with Crippen molar-refractivity contribution in [3.05, 3.63) is 27.0 Å². The van der Waals surface area contributed by atoms with Crippen molar-refractivity contribution in [2.45, 2.75) is 0 Å². The smallest absolute Gasteiger partial charge is 0.138 e. The molecule has 0 saturated heterocycles. The first kappa shape index (κ1) is 8.35. The van der Waals surface area contributed by atoms with E-state index in [4.69, 9.17) is 11.6 Å². The van der Waals surface area contributed by atoms with Crippen LogP contribution >= 0.6 is 38.9 Å². The van der Waals surface area contributed by atoms with Gasteiger partial charge in [0, 0.05) is 10.1 Å². The molecule has 1 aromatic heterocycles. The van der Waals surface area contributed by atoms with Crippen LogP contribution in [0.3, 0.4) is 0 Å². The van der Waals surface area contributed by atoms with Gasteiger partial charge in [0.2, 0.25) is 0 Å². The molecule has 0 aliphatic heterocycles. The van der Waals surface area contributed by atoms with E-state index in [1.807, 2.05) is 12.1 Å². The first-order valence-corrected chi connectivity index (χ1v) is 5.24. The lowest BCUT2D eigenvalue weighted by Crippen LogP contribution is -1.68. The molecule has 0 unspecified atom stereocenters. The molecule has 1 N–H and O–H groups in total. The van der Waals surface area contributed by atoms with Crippen LogP contribution in [-0.2, 0) is 0 Å². The number of benzene rings is 1. The Morgan fingerprint density at radius 2 is 2.17 bits per heavy atom. The lowest BCUT2D eigenvalue weighted by molar-refractivity contribution is 0.478. The van der Waals surface area contributed by atoms with Crippen molar-refractivity contribution in [3.8, 4) is 5.75 Å². The molecule has 12 heavy (non-hydrogen) atoms. The molecule has 0 atom stereocenters. The highest BCUT2D eigenvalue weighted by Gasteiger charge is 2.06. The van der Waals surface area contributed by atoms with E-state index in [-0.39, 0.29) is 5.75 Å². The number of thiophene rings is 1. The fourth-order valence-electron chi connectivity index (χ4n) is 1.04. The summed E-state index contributed by atoms with van der Waals surface area (Å²) in [6.07, 6.45) is 0. The van der Waals surface area contributed by atoms with Crippen LogP contribution in [0.15, 0.2) is 22.7 Å². The minimum atomic E-state index is 0.260. The highest BCUT2D eigenvalue weighted by molar-refractivity contribution is 9.10. The molecule has 0 aliphatic carbocycles. The predicted octanol–water partition coefficient (Wildman–Crippen LogP) is 4.02. The number of fused-ring (bicyclic) bond motifs is 1. The van der Waals surface area contributed by atoms with Crippen LogP contribution < -0.4 is 0 Å². The van der Waals surface area contributed by atoms with Crippen molar-refractivity contribution in [2.24, 2.45) is 0 Å². The molecule has 62 valence electrons. The van der Waals surface area contributed by atoms with Gasteiger partial charge in [0.05, 0.1) is 8.81 Å². The third-order valence-corrected chi connectivity index (χ3v) is 3.46. The molecule has 2 rings (SSSR count). The summed E-state index contributed by atoms with van der Waals surface area (Å²) in [5, 5.41) is 10.4. The van der Waals surface area contributed by atoms with Crippen molar-refractivity contribution in [1.82, 2.24) is 0 Å². The van der Waals surface area contributed by atoms with Gasteiger partial charge in [0.25, 0.3) is 0 Å². The fraction of sp³-hybridized carbons (Fsp3) is 0. The Kier molecular flexibility index (Phi) is 2.02. The normalized spacial score (nSPS) is 10.8. The second-order valence-corrected chi connectivity index (χ2v) is 4.93. The van der Waals surface area contributed by atoms with Gasteiger partial charge in [-0.05, 0) is 34.1 Å². The lowest BCUT2D eigenvalue weighted by Gasteiger charge is -1.96. The SMILES string of the molecule is Oc1c(Br)ccc2sc(Cl)cc12. The van der Waals surface area contributed by atoms with Crippen LogP contribution in [0, 0.1) is 0 Å². The molecular formula is C8H4BrClOS. The van der Waals surface area contributed by atoms with Gasteiger partial charge >= 0.3 is 0 Å².